The summed E-state index contributed by atoms with van der Waals surface area (Å²) in [6.45, 7) is 5.64. The van der Waals surface area contributed by atoms with Gasteiger partial charge in [-0.25, -0.2) is 8.42 Å². The van der Waals surface area contributed by atoms with Crippen molar-refractivity contribution in [3.8, 4) is 5.75 Å². The van der Waals surface area contributed by atoms with Crippen LogP contribution in [0.25, 0.3) is 0 Å². The molecule has 0 amide bonds. The molecule has 0 saturated carbocycles. The third-order valence-corrected chi connectivity index (χ3v) is 8.87. The molecule has 3 aliphatic heterocycles. The number of ether oxygens (including phenoxy) is 1. The summed E-state index contributed by atoms with van der Waals surface area (Å²) in [6, 6.07) is 14.0. The van der Waals surface area contributed by atoms with Crippen LogP contribution in [0.4, 0.5) is 5.69 Å². The molecule has 3 aliphatic rings. The Morgan fingerprint density at radius 2 is 1.81 bits per heavy atom. The zero-order chi connectivity index (χ0) is 21.4. The quantitative estimate of drug-likeness (QED) is 0.714. The zero-order valence-electron chi connectivity index (χ0n) is 18.2. The SMILES string of the molecule is COc1cccc(S(=O)(=O)N2CCc3cc(N4CC[C@H](N5CCCC5)C4)ccc3C2)c1. The molecule has 5 rings (SSSR count). The summed E-state index contributed by atoms with van der Waals surface area (Å²) in [6.07, 6.45) is 4.66. The first-order valence-corrected chi connectivity index (χ1v) is 12.7. The van der Waals surface area contributed by atoms with Crippen LogP contribution in [0.1, 0.15) is 30.4 Å². The molecule has 166 valence electrons. The van der Waals surface area contributed by atoms with E-state index in [1.54, 1.807) is 35.7 Å². The van der Waals surface area contributed by atoms with Crippen LogP contribution in [0.2, 0.25) is 0 Å². The molecule has 0 radical (unpaired) electrons. The van der Waals surface area contributed by atoms with Crippen molar-refractivity contribution in [1.82, 2.24) is 9.21 Å². The number of likely N-dealkylation sites (tertiary alicyclic amines) is 1. The van der Waals surface area contributed by atoms with Gasteiger partial charge < -0.3 is 9.64 Å². The normalized spacial score (nSPS) is 22.6. The van der Waals surface area contributed by atoms with Gasteiger partial charge >= 0.3 is 0 Å². The molecule has 0 spiro atoms. The minimum Gasteiger partial charge on any atom is -0.497 e. The average Bonchev–Trinajstić information content (AvgIpc) is 3.50. The standard InChI is InChI=1S/C24H31N3O3S/c1-30-23-5-4-6-24(16-23)31(28,29)27-14-9-19-15-21(8-7-20(19)17-27)26-13-10-22(18-26)25-11-2-3-12-25/h4-8,15-16,22H,2-3,9-14,17-18H2,1H3/t22-/m0/s1. The van der Waals surface area contributed by atoms with Crippen molar-refractivity contribution in [2.24, 2.45) is 0 Å². The number of anilines is 1. The van der Waals surface area contributed by atoms with Gasteiger partial charge in [0.25, 0.3) is 0 Å². The molecule has 2 aromatic carbocycles. The molecule has 2 fully saturated rings. The van der Waals surface area contributed by atoms with Crippen LogP contribution in [0.15, 0.2) is 47.4 Å². The van der Waals surface area contributed by atoms with Crippen molar-refractivity contribution < 1.29 is 13.2 Å². The molecule has 1 atom stereocenters. The van der Waals surface area contributed by atoms with Crippen LogP contribution in [0.5, 0.6) is 5.75 Å². The molecule has 0 bridgehead atoms. The lowest BCUT2D eigenvalue weighted by Crippen LogP contribution is -2.36. The third kappa shape index (κ3) is 4.06. The highest BCUT2D eigenvalue weighted by Gasteiger charge is 2.31. The summed E-state index contributed by atoms with van der Waals surface area (Å²) < 4.78 is 33.1. The predicted molar refractivity (Wildman–Crippen MR) is 122 cm³/mol. The minimum atomic E-state index is -3.54. The van der Waals surface area contributed by atoms with E-state index in [-0.39, 0.29) is 4.90 Å². The highest BCUT2D eigenvalue weighted by Crippen LogP contribution is 2.31. The van der Waals surface area contributed by atoms with Crippen LogP contribution in [0.3, 0.4) is 0 Å². The molecule has 2 aromatic rings. The van der Waals surface area contributed by atoms with Gasteiger partial charge in [0.2, 0.25) is 10.0 Å². The molecular weight excluding hydrogens is 410 g/mol. The number of hydrogen-bond acceptors (Lipinski definition) is 5. The summed E-state index contributed by atoms with van der Waals surface area (Å²) in [5.74, 6) is 0.556. The van der Waals surface area contributed by atoms with Crippen LogP contribution >= 0.6 is 0 Å². The Labute approximate surface area is 185 Å². The second kappa shape index (κ2) is 8.45. The van der Waals surface area contributed by atoms with Crippen LogP contribution < -0.4 is 9.64 Å². The number of nitrogens with zero attached hydrogens (tertiary/aromatic N) is 3. The lowest BCUT2D eigenvalue weighted by Gasteiger charge is -2.30. The van der Waals surface area contributed by atoms with Gasteiger partial charge in [-0.2, -0.15) is 4.31 Å². The second-order valence-electron chi connectivity index (χ2n) is 8.85. The maximum absolute atomic E-state index is 13.2. The first kappa shape index (κ1) is 20.8. The lowest BCUT2D eigenvalue weighted by molar-refractivity contribution is 0.260. The molecule has 3 heterocycles. The fourth-order valence-corrected chi connectivity index (χ4v) is 6.66. The Morgan fingerprint density at radius 3 is 2.61 bits per heavy atom. The lowest BCUT2D eigenvalue weighted by atomic mass is 10.00. The summed E-state index contributed by atoms with van der Waals surface area (Å²) >= 11 is 0. The molecule has 0 unspecified atom stereocenters. The first-order chi connectivity index (χ1) is 15.0. The zero-order valence-corrected chi connectivity index (χ0v) is 19.0. The summed E-state index contributed by atoms with van der Waals surface area (Å²) in [5, 5.41) is 0. The van der Waals surface area contributed by atoms with Crippen molar-refractivity contribution in [1.29, 1.82) is 0 Å². The van der Waals surface area contributed by atoms with E-state index < -0.39 is 10.0 Å². The van der Waals surface area contributed by atoms with Gasteiger partial charge in [0.05, 0.1) is 12.0 Å². The Balaban J connectivity index is 1.30. The number of benzene rings is 2. The second-order valence-corrected chi connectivity index (χ2v) is 10.8. The maximum atomic E-state index is 13.2. The molecule has 0 aliphatic carbocycles. The fraction of sp³-hybridized carbons (Fsp3) is 0.500. The maximum Gasteiger partial charge on any atom is 0.243 e. The molecule has 2 saturated heterocycles. The topological polar surface area (TPSA) is 53.1 Å². The Bertz CT molecular complexity index is 1050. The van der Waals surface area contributed by atoms with Crippen LogP contribution in [0, 0.1) is 0 Å². The highest BCUT2D eigenvalue weighted by atomic mass is 32.2. The molecule has 6 nitrogen and oxygen atoms in total. The monoisotopic (exact) mass is 441 g/mol. The third-order valence-electron chi connectivity index (χ3n) is 7.03. The first-order valence-electron chi connectivity index (χ1n) is 11.3. The van der Waals surface area contributed by atoms with Gasteiger partial charge in [0.1, 0.15) is 5.75 Å². The van der Waals surface area contributed by atoms with Gasteiger partial charge in [-0.1, -0.05) is 12.1 Å². The van der Waals surface area contributed by atoms with E-state index >= 15 is 0 Å². The summed E-state index contributed by atoms with van der Waals surface area (Å²) in [7, 11) is -1.99. The van der Waals surface area contributed by atoms with E-state index in [0.29, 0.717) is 24.9 Å². The number of methoxy groups -OCH3 is 1. The van der Waals surface area contributed by atoms with Gasteiger partial charge in [-0.15, -0.1) is 0 Å². The summed E-state index contributed by atoms with van der Waals surface area (Å²) in [5.41, 5.74) is 3.67. The van der Waals surface area contributed by atoms with Crippen molar-refractivity contribution in [2.75, 3.05) is 44.7 Å². The van der Waals surface area contributed by atoms with Crippen molar-refractivity contribution in [3.05, 3.63) is 53.6 Å². The van der Waals surface area contributed by atoms with Crippen LogP contribution in [-0.4, -0.2) is 63.5 Å². The highest BCUT2D eigenvalue weighted by molar-refractivity contribution is 7.89. The predicted octanol–water partition coefficient (Wildman–Crippen LogP) is 3.12. The smallest absolute Gasteiger partial charge is 0.243 e. The van der Waals surface area contributed by atoms with E-state index in [9.17, 15) is 8.42 Å². The molecule has 7 heteroatoms. The van der Waals surface area contributed by atoms with E-state index in [4.69, 9.17) is 4.74 Å². The largest absolute Gasteiger partial charge is 0.497 e. The van der Waals surface area contributed by atoms with Gasteiger partial charge in [-0.3, -0.25) is 4.90 Å². The van der Waals surface area contributed by atoms with E-state index in [2.05, 4.69) is 28.0 Å². The molecule has 0 aromatic heterocycles. The van der Waals surface area contributed by atoms with Crippen molar-refractivity contribution in [2.45, 2.75) is 43.2 Å². The Hall–Kier alpha value is -2.09. The van der Waals surface area contributed by atoms with Gasteiger partial charge in [-0.05, 0) is 74.2 Å². The summed E-state index contributed by atoms with van der Waals surface area (Å²) in [4.78, 5) is 5.44. The molecule has 31 heavy (non-hydrogen) atoms. The van der Waals surface area contributed by atoms with E-state index in [1.165, 1.54) is 43.6 Å². The van der Waals surface area contributed by atoms with Gasteiger partial charge in [0, 0.05) is 44.0 Å². The van der Waals surface area contributed by atoms with Crippen LogP contribution in [-0.2, 0) is 23.0 Å². The Morgan fingerprint density at radius 1 is 0.968 bits per heavy atom. The molecular formula is C24H31N3O3S. The average molecular weight is 442 g/mol. The Kier molecular flexibility index (Phi) is 5.67. The van der Waals surface area contributed by atoms with Crippen molar-refractivity contribution in [3.63, 3.8) is 0 Å². The van der Waals surface area contributed by atoms with E-state index in [1.807, 2.05) is 0 Å². The number of hydrogen-bond donors (Lipinski definition) is 0. The minimum absolute atomic E-state index is 0.289. The number of rotatable bonds is 5. The van der Waals surface area contributed by atoms with E-state index in [0.717, 1.165) is 25.1 Å². The fourth-order valence-electron chi connectivity index (χ4n) is 5.21. The van der Waals surface area contributed by atoms with Crippen molar-refractivity contribution >= 4 is 15.7 Å². The number of fused-ring (bicyclic) bond motifs is 1. The molecule has 0 N–H and O–H groups in total. The number of sulfonamides is 1. The van der Waals surface area contributed by atoms with Gasteiger partial charge in [0.15, 0.2) is 0 Å².